The zero-order valence-corrected chi connectivity index (χ0v) is 12.3. The molecule has 0 radical (unpaired) electrons. The number of nitriles is 1. The van der Waals surface area contributed by atoms with Crippen molar-refractivity contribution in [3.05, 3.63) is 38.6 Å². The highest BCUT2D eigenvalue weighted by Gasteiger charge is 2.18. The molecule has 102 valence electrons. The van der Waals surface area contributed by atoms with Gasteiger partial charge < -0.3 is 10.1 Å². The number of nitrogens with zero attached hydrogens (tertiary/aromatic N) is 2. The minimum absolute atomic E-state index is 0.0841. The van der Waals surface area contributed by atoms with Gasteiger partial charge in [0, 0.05) is 16.1 Å². The molecule has 20 heavy (non-hydrogen) atoms. The van der Waals surface area contributed by atoms with E-state index in [0.29, 0.717) is 21.3 Å². The van der Waals surface area contributed by atoms with E-state index in [2.05, 4.69) is 9.97 Å². The molecule has 0 fully saturated rings. The van der Waals surface area contributed by atoms with E-state index < -0.39 is 5.56 Å². The molecule has 0 unspecified atom stereocenters. The van der Waals surface area contributed by atoms with Crippen molar-refractivity contribution in [1.29, 1.82) is 5.26 Å². The largest absolute Gasteiger partial charge is 0.507 e. The molecule has 0 saturated heterocycles. The topological polar surface area (TPSA) is 89.8 Å². The molecule has 0 aliphatic rings. The molecule has 1 aromatic heterocycles. The lowest BCUT2D eigenvalue weighted by Crippen LogP contribution is -2.14. The summed E-state index contributed by atoms with van der Waals surface area (Å²) in [5.41, 5.74) is 0.261. The maximum absolute atomic E-state index is 11.8. The maximum Gasteiger partial charge on any atom is 0.270 e. The van der Waals surface area contributed by atoms with Crippen molar-refractivity contribution in [2.45, 2.75) is 12.1 Å². The highest BCUT2D eigenvalue weighted by atomic mass is 35.5. The van der Waals surface area contributed by atoms with Gasteiger partial charge in [-0.05, 0) is 25.3 Å². The van der Waals surface area contributed by atoms with Gasteiger partial charge in [-0.25, -0.2) is 4.98 Å². The van der Waals surface area contributed by atoms with E-state index in [9.17, 15) is 9.90 Å². The van der Waals surface area contributed by atoms with Gasteiger partial charge in [-0.15, -0.1) is 0 Å². The summed E-state index contributed by atoms with van der Waals surface area (Å²) >= 11 is 7.16. The summed E-state index contributed by atoms with van der Waals surface area (Å²) in [6.07, 6.45) is 1.75. The standard InChI is InChI=1S/C13H10ClN3O2S/c1-6-9(14)4-3-7(11(6)18)10-8(5-15)12(19)17-13(16-10)20-2/h3-4,18H,1-2H3,(H,16,17,19). The fourth-order valence-corrected chi connectivity index (χ4v) is 2.24. The molecule has 2 aromatic rings. The Bertz CT molecular complexity index is 780. The third kappa shape index (κ3) is 2.38. The van der Waals surface area contributed by atoms with Crippen LogP contribution in [0, 0.1) is 18.3 Å². The van der Waals surface area contributed by atoms with E-state index in [1.807, 2.05) is 6.07 Å². The van der Waals surface area contributed by atoms with Crippen molar-refractivity contribution in [2.24, 2.45) is 0 Å². The SMILES string of the molecule is CSc1nc(-c2ccc(Cl)c(C)c2O)c(C#N)c(=O)[nH]1. The molecule has 2 N–H and O–H groups in total. The summed E-state index contributed by atoms with van der Waals surface area (Å²) in [4.78, 5) is 18.6. The Hall–Kier alpha value is -1.97. The van der Waals surface area contributed by atoms with Crippen LogP contribution in [0.15, 0.2) is 22.1 Å². The van der Waals surface area contributed by atoms with E-state index in [1.165, 1.54) is 17.8 Å². The van der Waals surface area contributed by atoms with E-state index in [0.717, 1.165) is 0 Å². The summed E-state index contributed by atoms with van der Waals surface area (Å²) < 4.78 is 0. The van der Waals surface area contributed by atoms with Crippen LogP contribution in [0.25, 0.3) is 11.3 Å². The number of phenolic OH excluding ortho intramolecular Hbond substituents is 1. The first-order chi connectivity index (χ1) is 9.49. The van der Waals surface area contributed by atoms with Gasteiger partial charge in [0.2, 0.25) is 0 Å². The summed E-state index contributed by atoms with van der Waals surface area (Å²) in [6, 6.07) is 4.95. The second kappa shape index (κ2) is 5.57. The summed E-state index contributed by atoms with van der Waals surface area (Å²) in [5.74, 6) is -0.0841. The highest BCUT2D eigenvalue weighted by Crippen LogP contribution is 2.35. The predicted octanol–water partition coefficient (Wildman–Crippen LogP) is 2.70. The average molecular weight is 308 g/mol. The fraction of sp³-hybridized carbons (Fsp3) is 0.154. The number of thioether (sulfide) groups is 1. The van der Waals surface area contributed by atoms with Crippen LogP contribution in [0.4, 0.5) is 0 Å². The number of phenols is 1. The minimum atomic E-state index is -0.533. The highest BCUT2D eigenvalue weighted by molar-refractivity contribution is 7.98. The fourth-order valence-electron chi connectivity index (χ4n) is 1.71. The van der Waals surface area contributed by atoms with E-state index >= 15 is 0 Å². The molecule has 5 nitrogen and oxygen atoms in total. The van der Waals surface area contributed by atoms with Gasteiger partial charge in [0.25, 0.3) is 5.56 Å². The molecule has 0 amide bonds. The van der Waals surface area contributed by atoms with Gasteiger partial charge >= 0.3 is 0 Å². The van der Waals surface area contributed by atoms with Crippen molar-refractivity contribution < 1.29 is 5.11 Å². The number of aromatic hydroxyl groups is 1. The van der Waals surface area contributed by atoms with Crippen LogP contribution >= 0.6 is 23.4 Å². The molecule has 0 saturated carbocycles. The third-order valence-corrected chi connectivity index (χ3v) is 3.81. The van der Waals surface area contributed by atoms with E-state index in [-0.39, 0.29) is 17.0 Å². The zero-order chi connectivity index (χ0) is 14.9. The van der Waals surface area contributed by atoms with Crippen LogP contribution in [0.2, 0.25) is 5.02 Å². The molecule has 2 rings (SSSR count). The first kappa shape index (κ1) is 14.4. The van der Waals surface area contributed by atoms with Crippen LogP contribution in [0.1, 0.15) is 11.1 Å². The average Bonchev–Trinajstić information content (AvgIpc) is 2.44. The first-order valence-electron chi connectivity index (χ1n) is 5.56. The quantitative estimate of drug-likeness (QED) is 0.657. The molecule has 7 heteroatoms. The maximum atomic E-state index is 11.8. The number of hydrogen-bond donors (Lipinski definition) is 2. The Morgan fingerprint density at radius 2 is 2.20 bits per heavy atom. The molecule has 0 aliphatic heterocycles. The predicted molar refractivity (Wildman–Crippen MR) is 78.2 cm³/mol. The van der Waals surface area contributed by atoms with Gasteiger partial charge in [-0.3, -0.25) is 4.79 Å². The Labute approximate surface area is 124 Å². The number of H-pyrrole nitrogens is 1. The van der Waals surface area contributed by atoms with Crippen molar-refractivity contribution in [1.82, 2.24) is 9.97 Å². The zero-order valence-electron chi connectivity index (χ0n) is 10.7. The molecule has 0 atom stereocenters. The lowest BCUT2D eigenvalue weighted by Gasteiger charge is -2.10. The van der Waals surface area contributed by atoms with Gasteiger partial charge in [-0.2, -0.15) is 5.26 Å². The molecular weight excluding hydrogens is 298 g/mol. The van der Waals surface area contributed by atoms with Gasteiger partial charge in [0.15, 0.2) is 5.16 Å². The van der Waals surface area contributed by atoms with Crippen molar-refractivity contribution >= 4 is 23.4 Å². The number of halogens is 1. The van der Waals surface area contributed by atoms with Gasteiger partial charge in [-0.1, -0.05) is 23.4 Å². The summed E-state index contributed by atoms with van der Waals surface area (Å²) in [5, 5.41) is 20.0. The lowest BCUT2D eigenvalue weighted by atomic mass is 10.0. The Morgan fingerprint density at radius 1 is 1.50 bits per heavy atom. The second-order valence-electron chi connectivity index (χ2n) is 3.98. The van der Waals surface area contributed by atoms with Gasteiger partial charge in [0.1, 0.15) is 23.1 Å². The smallest absolute Gasteiger partial charge is 0.270 e. The van der Waals surface area contributed by atoms with Gasteiger partial charge in [0.05, 0.1) is 0 Å². The molecule has 0 spiro atoms. The third-order valence-electron chi connectivity index (χ3n) is 2.82. The Kier molecular flexibility index (Phi) is 4.02. The molecular formula is C13H10ClN3O2S. The van der Waals surface area contributed by atoms with Crippen LogP contribution in [0.5, 0.6) is 5.75 Å². The molecule has 0 aliphatic carbocycles. The van der Waals surface area contributed by atoms with Crippen molar-refractivity contribution in [2.75, 3.05) is 6.26 Å². The second-order valence-corrected chi connectivity index (χ2v) is 5.18. The van der Waals surface area contributed by atoms with E-state index in [1.54, 1.807) is 19.2 Å². The number of rotatable bonds is 2. The monoisotopic (exact) mass is 307 g/mol. The number of benzene rings is 1. The molecule has 0 bridgehead atoms. The van der Waals surface area contributed by atoms with Crippen LogP contribution in [-0.2, 0) is 0 Å². The Balaban J connectivity index is 2.82. The number of aromatic nitrogens is 2. The van der Waals surface area contributed by atoms with Crippen LogP contribution < -0.4 is 5.56 Å². The van der Waals surface area contributed by atoms with Crippen LogP contribution in [0.3, 0.4) is 0 Å². The van der Waals surface area contributed by atoms with Crippen molar-refractivity contribution in [3.8, 4) is 23.1 Å². The van der Waals surface area contributed by atoms with Crippen LogP contribution in [-0.4, -0.2) is 21.3 Å². The number of hydrogen-bond acceptors (Lipinski definition) is 5. The molecule has 1 heterocycles. The number of nitrogens with one attached hydrogen (secondary N) is 1. The normalized spacial score (nSPS) is 10.3. The minimum Gasteiger partial charge on any atom is -0.507 e. The summed E-state index contributed by atoms with van der Waals surface area (Å²) in [6.45, 7) is 1.65. The Morgan fingerprint density at radius 3 is 2.80 bits per heavy atom. The summed E-state index contributed by atoms with van der Waals surface area (Å²) in [7, 11) is 0. The lowest BCUT2D eigenvalue weighted by molar-refractivity contribution is 0.473. The molecule has 1 aromatic carbocycles. The number of aromatic amines is 1. The first-order valence-corrected chi connectivity index (χ1v) is 7.16. The van der Waals surface area contributed by atoms with Crippen molar-refractivity contribution in [3.63, 3.8) is 0 Å². The van der Waals surface area contributed by atoms with E-state index in [4.69, 9.17) is 16.9 Å².